The Hall–Kier alpha value is -1.32. The largest absolute Gasteiger partial charge is 0.326 e. The number of hydrogen-bond donors (Lipinski definition) is 1. The first kappa shape index (κ1) is 12.1. The maximum Gasteiger partial charge on any atom is 0.0677 e. The molecule has 4 heteroatoms. The van der Waals surface area contributed by atoms with E-state index in [2.05, 4.69) is 5.10 Å². The smallest absolute Gasteiger partial charge is 0.0677 e. The summed E-state index contributed by atoms with van der Waals surface area (Å²) in [6, 6.07) is 7.82. The van der Waals surface area contributed by atoms with Crippen molar-refractivity contribution in [2.24, 2.45) is 5.73 Å². The van der Waals surface area contributed by atoms with Crippen molar-refractivity contribution in [3.05, 3.63) is 51.8 Å². The minimum Gasteiger partial charge on any atom is -0.326 e. The van der Waals surface area contributed by atoms with Crippen molar-refractivity contribution in [1.29, 1.82) is 0 Å². The molecule has 0 amide bonds. The maximum atomic E-state index is 6.14. The van der Waals surface area contributed by atoms with Crippen LogP contribution in [0.5, 0.6) is 0 Å². The molecule has 2 aromatic rings. The molecule has 0 unspecified atom stereocenters. The molecule has 3 nitrogen and oxygen atoms in total. The van der Waals surface area contributed by atoms with Crippen molar-refractivity contribution in [3.8, 4) is 0 Å². The monoisotopic (exact) mass is 249 g/mol. The first-order chi connectivity index (χ1) is 8.13. The Morgan fingerprint density at radius 2 is 2.00 bits per heavy atom. The fourth-order valence-electron chi connectivity index (χ4n) is 1.97. The summed E-state index contributed by atoms with van der Waals surface area (Å²) < 4.78 is 1.96. The number of rotatable bonds is 3. The molecule has 90 valence electrons. The van der Waals surface area contributed by atoms with Gasteiger partial charge >= 0.3 is 0 Å². The van der Waals surface area contributed by atoms with Crippen LogP contribution in [0.4, 0.5) is 0 Å². The van der Waals surface area contributed by atoms with E-state index in [1.807, 2.05) is 42.8 Å². The Bertz CT molecular complexity index is 531. The second kappa shape index (κ2) is 4.90. The Balaban J connectivity index is 2.34. The average Bonchev–Trinajstić information content (AvgIpc) is 2.57. The van der Waals surface area contributed by atoms with Gasteiger partial charge in [-0.1, -0.05) is 29.8 Å². The van der Waals surface area contributed by atoms with Gasteiger partial charge in [0.2, 0.25) is 0 Å². The minimum atomic E-state index is 0.528. The Labute approximate surface area is 106 Å². The van der Waals surface area contributed by atoms with E-state index < -0.39 is 0 Å². The third-order valence-corrected chi connectivity index (χ3v) is 3.38. The average molecular weight is 250 g/mol. The standard InChI is InChI=1S/C13H16ClN3/c1-9-12(7-15)10(2)17(16-9)8-11-5-3-4-6-13(11)14/h3-6H,7-8,15H2,1-2H3. The lowest BCUT2D eigenvalue weighted by atomic mass is 10.2. The van der Waals surface area contributed by atoms with Crippen molar-refractivity contribution < 1.29 is 0 Å². The van der Waals surface area contributed by atoms with Gasteiger partial charge in [-0.25, -0.2) is 0 Å². The van der Waals surface area contributed by atoms with E-state index in [1.54, 1.807) is 0 Å². The van der Waals surface area contributed by atoms with E-state index in [1.165, 1.54) is 0 Å². The van der Waals surface area contributed by atoms with E-state index in [4.69, 9.17) is 17.3 Å². The number of benzene rings is 1. The van der Waals surface area contributed by atoms with E-state index in [-0.39, 0.29) is 0 Å². The van der Waals surface area contributed by atoms with E-state index >= 15 is 0 Å². The van der Waals surface area contributed by atoms with Crippen LogP contribution in [0.1, 0.15) is 22.5 Å². The predicted octanol–water partition coefficient (Wildman–Crippen LogP) is 2.66. The second-order valence-electron chi connectivity index (χ2n) is 4.10. The summed E-state index contributed by atoms with van der Waals surface area (Å²) in [7, 11) is 0. The van der Waals surface area contributed by atoms with Gasteiger partial charge in [-0.3, -0.25) is 4.68 Å². The summed E-state index contributed by atoms with van der Waals surface area (Å²) >= 11 is 6.14. The van der Waals surface area contributed by atoms with E-state index in [9.17, 15) is 0 Å². The van der Waals surface area contributed by atoms with Crippen LogP contribution in [-0.4, -0.2) is 9.78 Å². The lowest BCUT2D eigenvalue weighted by Crippen LogP contribution is -2.05. The second-order valence-corrected chi connectivity index (χ2v) is 4.51. The maximum absolute atomic E-state index is 6.14. The molecule has 1 aromatic heterocycles. The lowest BCUT2D eigenvalue weighted by Gasteiger charge is -2.06. The van der Waals surface area contributed by atoms with E-state index in [0.29, 0.717) is 13.1 Å². The zero-order valence-electron chi connectivity index (χ0n) is 10.1. The normalized spacial score (nSPS) is 10.8. The molecule has 0 spiro atoms. The quantitative estimate of drug-likeness (QED) is 0.909. The fraction of sp³-hybridized carbons (Fsp3) is 0.308. The van der Waals surface area contributed by atoms with Gasteiger partial charge < -0.3 is 5.73 Å². The van der Waals surface area contributed by atoms with Crippen LogP contribution in [0, 0.1) is 13.8 Å². The highest BCUT2D eigenvalue weighted by Gasteiger charge is 2.10. The summed E-state index contributed by atoms with van der Waals surface area (Å²) in [5.74, 6) is 0. The molecule has 0 aliphatic rings. The Morgan fingerprint density at radius 1 is 1.29 bits per heavy atom. The van der Waals surface area contributed by atoms with Gasteiger partial charge in [0.05, 0.1) is 12.2 Å². The number of hydrogen-bond acceptors (Lipinski definition) is 2. The third kappa shape index (κ3) is 2.35. The van der Waals surface area contributed by atoms with Crippen LogP contribution in [-0.2, 0) is 13.1 Å². The molecule has 17 heavy (non-hydrogen) atoms. The van der Waals surface area contributed by atoms with Crippen molar-refractivity contribution in [2.75, 3.05) is 0 Å². The number of aryl methyl sites for hydroxylation is 1. The van der Waals surface area contributed by atoms with E-state index in [0.717, 1.165) is 27.5 Å². The van der Waals surface area contributed by atoms with Gasteiger partial charge in [0.1, 0.15) is 0 Å². The highest BCUT2D eigenvalue weighted by Crippen LogP contribution is 2.19. The number of halogens is 1. The van der Waals surface area contributed by atoms with Crippen LogP contribution in [0.2, 0.25) is 5.02 Å². The highest BCUT2D eigenvalue weighted by atomic mass is 35.5. The summed E-state index contributed by atoms with van der Waals surface area (Å²) in [6.07, 6.45) is 0. The van der Waals surface area contributed by atoms with Crippen LogP contribution in [0.25, 0.3) is 0 Å². The molecule has 2 rings (SSSR count). The predicted molar refractivity (Wildman–Crippen MR) is 70.1 cm³/mol. The van der Waals surface area contributed by atoms with Gasteiger partial charge in [0.25, 0.3) is 0 Å². The molecule has 0 saturated carbocycles. The molecule has 2 N–H and O–H groups in total. The summed E-state index contributed by atoms with van der Waals surface area (Å²) in [6.45, 7) is 5.24. The molecule has 0 radical (unpaired) electrons. The number of aromatic nitrogens is 2. The van der Waals surface area contributed by atoms with Crippen LogP contribution >= 0.6 is 11.6 Å². The highest BCUT2D eigenvalue weighted by molar-refractivity contribution is 6.31. The molecule has 1 aromatic carbocycles. The molecule has 0 saturated heterocycles. The van der Waals surface area contributed by atoms with Gasteiger partial charge in [-0.15, -0.1) is 0 Å². The van der Waals surface area contributed by atoms with Crippen LogP contribution < -0.4 is 5.73 Å². The van der Waals surface area contributed by atoms with Crippen molar-refractivity contribution in [1.82, 2.24) is 9.78 Å². The summed E-state index contributed by atoms with van der Waals surface area (Å²) in [4.78, 5) is 0. The Kier molecular flexibility index (Phi) is 3.50. The Morgan fingerprint density at radius 3 is 2.59 bits per heavy atom. The molecule has 0 aliphatic carbocycles. The zero-order valence-corrected chi connectivity index (χ0v) is 10.8. The van der Waals surface area contributed by atoms with Crippen LogP contribution in [0.15, 0.2) is 24.3 Å². The van der Waals surface area contributed by atoms with Gasteiger partial charge in [-0.05, 0) is 25.5 Å². The summed E-state index contributed by atoms with van der Waals surface area (Å²) in [5.41, 5.74) is 10.0. The third-order valence-electron chi connectivity index (χ3n) is 3.01. The molecule has 1 heterocycles. The molecule has 0 aliphatic heterocycles. The summed E-state index contributed by atoms with van der Waals surface area (Å²) in [5, 5.41) is 5.27. The fourth-order valence-corrected chi connectivity index (χ4v) is 2.17. The zero-order chi connectivity index (χ0) is 12.4. The molecular weight excluding hydrogens is 234 g/mol. The van der Waals surface area contributed by atoms with Crippen LogP contribution in [0.3, 0.4) is 0 Å². The van der Waals surface area contributed by atoms with Gasteiger partial charge in [0, 0.05) is 22.8 Å². The molecule has 0 fully saturated rings. The van der Waals surface area contributed by atoms with Crippen molar-refractivity contribution in [2.45, 2.75) is 26.9 Å². The van der Waals surface area contributed by atoms with Crippen molar-refractivity contribution in [3.63, 3.8) is 0 Å². The lowest BCUT2D eigenvalue weighted by molar-refractivity contribution is 0.658. The SMILES string of the molecule is Cc1nn(Cc2ccccc2Cl)c(C)c1CN. The minimum absolute atomic E-state index is 0.528. The topological polar surface area (TPSA) is 43.8 Å². The molecule has 0 bridgehead atoms. The number of nitrogens with zero attached hydrogens (tertiary/aromatic N) is 2. The molecule has 0 atom stereocenters. The first-order valence-corrected chi connectivity index (χ1v) is 5.97. The van der Waals surface area contributed by atoms with Gasteiger partial charge in [-0.2, -0.15) is 5.10 Å². The number of nitrogens with two attached hydrogens (primary N) is 1. The van der Waals surface area contributed by atoms with Crippen molar-refractivity contribution >= 4 is 11.6 Å². The molecular formula is C13H16ClN3. The first-order valence-electron chi connectivity index (χ1n) is 5.60. The van der Waals surface area contributed by atoms with Gasteiger partial charge in [0.15, 0.2) is 0 Å².